The van der Waals surface area contributed by atoms with Crippen LogP contribution < -0.4 is 5.32 Å². The van der Waals surface area contributed by atoms with Crippen molar-refractivity contribution in [3.63, 3.8) is 0 Å². The lowest BCUT2D eigenvalue weighted by molar-refractivity contribution is -0.116. The summed E-state index contributed by atoms with van der Waals surface area (Å²) in [6, 6.07) is 11.5. The van der Waals surface area contributed by atoms with Gasteiger partial charge in [0.05, 0.1) is 11.8 Å². The topological polar surface area (TPSA) is 76.9 Å². The highest BCUT2D eigenvalue weighted by Crippen LogP contribution is 2.19. The molecule has 0 spiro atoms. The molecule has 0 aliphatic rings. The molecule has 1 N–H and O–H groups in total. The average molecular weight is 348 g/mol. The minimum Gasteiger partial charge on any atom is -0.326 e. The van der Waals surface area contributed by atoms with Gasteiger partial charge in [0.25, 0.3) is 0 Å². The van der Waals surface area contributed by atoms with Gasteiger partial charge in [-0.05, 0) is 23.3 Å². The summed E-state index contributed by atoms with van der Waals surface area (Å²) in [5.74, 6) is -0.266. The Morgan fingerprint density at radius 3 is 2.65 bits per heavy atom. The average Bonchev–Trinajstić information content (AvgIpc) is 3.09. The quantitative estimate of drug-likeness (QED) is 0.666. The van der Waals surface area contributed by atoms with Crippen LogP contribution in [0.15, 0.2) is 61.2 Å². The second-order valence-electron chi connectivity index (χ2n) is 6.07. The highest BCUT2D eigenvalue weighted by Gasteiger charge is 2.12. The summed E-state index contributed by atoms with van der Waals surface area (Å²) >= 11 is 0. The lowest BCUT2D eigenvalue weighted by Gasteiger charge is -2.11. The predicted octanol–water partition coefficient (Wildman–Crippen LogP) is 3.01. The Kier molecular flexibility index (Phi) is 5.53. The molecule has 0 unspecified atom stereocenters. The Morgan fingerprint density at radius 2 is 1.92 bits per heavy atom. The first-order valence-electron chi connectivity index (χ1n) is 8.40. The number of aryl methyl sites for hydroxylation is 1. The maximum Gasteiger partial charge on any atom is 0.224 e. The van der Waals surface area contributed by atoms with Gasteiger partial charge < -0.3 is 5.32 Å². The number of ketones is 1. The van der Waals surface area contributed by atoms with E-state index in [0.717, 1.165) is 16.8 Å². The molecule has 0 bridgehead atoms. The number of carbonyl (C=O) groups is 2. The van der Waals surface area contributed by atoms with Crippen molar-refractivity contribution in [1.82, 2.24) is 14.8 Å². The Labute approximate surface area is 151 Å². The van der Waals surface area contributed by atoms with E-state index in [-0.39, 0.29) is 24.5 Å². The Hall–Kier alpha value is -3.28. The molecule has 0 saturated carbocycles. The number of amides is 1. The molecule has 1 amide bonds. The molecule has 1 aromatic carbocycles. The molecule has 0 fully saturated rings. The number of rotatable bonds is 7. The third-order valence-electron chi connectivity index (χ3n) is 4.01. The van der Waals surface area contributed by atoms with Crippen molar-refractivity contribution in [1.29, 1.82) is 0 Å². The second kappa shape index (κ2) is 8.20. The van der Waals surface area contributed by atoms with E-state index in [9.17, 15) is 9.59 Å². The number of nitrogens with zero attached hydrogens (tertiary/aromatic N) is 3. The third kappa shape index (κ3) is 4.63. The van der Waals surface area contributed by atoms with E-state index in [1.807, 2.05) is 42.6 Å². The largest absolute Gasteiger partial charge is 0.326 e. The minimum atomic E-state index is -0.180. The molecular formula is C20H20N4O2. The summed E-state index contributed by atoms with van der Waals surface area (Å²) in [7, 11) is 1.75. The smallest absolute Gasteiger partial charge is 0.224 e. The van der Waals surface area contributed by atoms with Crippen LogP contribution in [0.2, 0.25) is 0 Å². The Morgan fingerprint density at radius 1 is 1.08 bits per heavy atom. The van der Waals surface area contributed by atoms with Crippen LogP contribution in [0.3, 0.4) is 0 Å². The number of hydrogen-bond donors (Lipinski definition) is 1. The summed E-state index contributed by atoms with van der Waals surface area (Å²) in [5.41, 5.74) is 3.36. The molecule has 0 atom stereocenters. The molecule has 26 heavy (non-hydrogen) atoms. The van der Waals surface area contributed by atoms with E-state index in [1.165, 1.54) is 6.20 Å². The fraction of sp³-hybridized carbons (Fsp3) is 0.200. The van der Waals surface area contributed by atoms with Gasteiger partial charge >= 0.3 is 0 Å². The fourth-order valence-corrected chi connectivity index (χ4v) is 2.67. The first-order chi connectivity index (χ1) is 12.6. The highest BCUT2D eigenvalue weighted by atomic mass is 16.2. The first kappa shape index (κ1) is 17.5. The van der Waals surface area contributed by atoms with Gasteiger partial charge in [-0.2, -0.15) is 5.10 Å². The molecule has 2 aromatic heterocycles. The summed E-state index contributed by atoms with van der Waals surface area (Å²) in [5, 5.41) is 6.88. The molecule has 132 valence electrons. The zero-order chi connectivity index (χ0) is 18.4. The van der Waals surface area contributed by atoms with Gasteiger partial charge in [0, 0.05) is 50.6 Å². The van der Waals surface area contributed by atoms with Gasteiger partial charge in [-0.1, -0.05) is 24.3 Å². The van der Waals surface area contributed by atoms with E-state index >= 15 is 0 Å². The lowest BCUT2D eigenvalue weighted by Crippen LogP contribution is -2.14. The van der Waals surface area contributed by atoms with Gasteiger partial charge in [-0.25, -0.2) is 0 Å². The van der Waals surface area contributed by atoms with Crippen molar-refractivity contribution >= 4 is 17.4 Å². The number of carbonyl (C=O) groups excluding carboxylic acids is 2. The van der Waals surface area contributed by atoms with E-state index in [1.54, 1.807) is 24.1 Å². The predicted molar refractivity (Wildman–Crippen MR) is 98.9 cm³/mol. The van der Waals surface area contributed by atoms with E-state index in [0.29, 0.717) is 12.0 Å². The van der Waals surface area contributed by atoms with Gasteiger partial charge in [-0.15, -0.1) is 0 Å². The van der Waals surface area contributed by atoms with Crippen molar-refractivity contribution in [2.45, 2.75) is 19.3 Å². The van der Waals surface area contributed by atoms with Gasteiger partial charge in [0.2, 0.25) is 5.91 Å². The molecule has 6 nitrogen and oxygen atoms in total. The van der Waals surface area contributed by atoms with Crippen molar-refractivity contribution in [2.75, 3.05) is 5.32 Å². The normalized spacial score (nSPS) is 10.5. The third-order valence-corrected chi connectivity index (χ3v) is 4.01. The van der Waals surface area contributed by atoms with Crippen LogP contribution in [-0.4, -0.2) is 26.5 Å². The Bertz CT molecular complexity index is 903. The number of aromatic nitrogens is 3. The van der Waals surface area contributed by atoms with Gasteiger partial charge in [-0.3, -0.25) is 19.3 Å². The van der Waals surface area contributed by atoms with E-state index < -0.39 is 0 Å². The van der Waals surface area contributed by atoms with Crippen LogP contribution in [0.5, 0.6) is 0 Å². The van der Waals surface area contributed by atoms with Crippen LogP contribution >= 0.6 is 0 Å². The van der Waals surface area contributed by atoms with E-state index in [4.69, 9.17) is 0 Å². The number of hydrogen-bond acceptors (Lipinski definition) is 4. The van der Waals surface area contributed by atoms with Crippen molar-refractivity contribution in [3.05, 3.63) is 77.9 Å². The van der Waals surface area contributed by atoms with Crippen molar-refractivity contribution in [3.8, 4) is 0 Å². The maximum absolute atomic E-state index is 12.3. The number of Topliss-reactive ketones (excluding diaryl/α,β-unsaturated/α-hetero) is 1. The molecule has 0 aliphatic heterocycles. The number of para-hydroxylation sites is 1. The van der Waals surface area contributed by atoms with Crippen LogP contribution in [0, 0.1) is 0 Å². The summed E-state index contributed by atoms with van der Waals surface area (Å²) < 4.78 is 1.57. The molecular weight excluding hydrogens is 328 g/mol. The zero-order valence-electron chi connectivity index (χ0n) is 14.6. The second-order valence-corrected chi connectivity index (χ2v) is 6.07. The number of benzene rings is 1. The maximum atomic E-state index is 12.3. The molecule has 0 saturated heterocycles. The zero-order valence-corrected chi connectivity index (χ0v) is 14.6. The molecule has 0 radical (unpaired) electrons. The monoisotopic (exact) mass is 348 g/mol. The molecule has 3 rings (SSSR count). The van der Waals surface area contributed by atoms with Crippen LogP contribution in [0.1, 0.15) is 34.3 Å². The highest BCUT2D eigenvalue weighted by molar-refractivity contribution is 5.99. The van der Waals surface area contributed by atoms with Gasteiger partial charge in [0.1, 0.15) is 0 Å². The van der Waals surface area contributed by atoms with Crippen molar-refractivity contribution in [2.24, 2.45) is 7.05 Å². The standard InChI is InChI=1S/C20H20N4O2/c1-24-14-17(13-22-24)19(25)8-9-20(26)23-18-7-3-2-6-16(18)11-15-5-4-10-21-12-15/h2-7,10,12-14H,8-9,11H2,1H3,(H,23,26). The summed E-state index contributed by atoms with van der Waals surface area (Å²) in [6.07, 6.45) is 7.69. The molecule has 2 heterocycles. The number of anilines is 1. The SMILES string of the molecule is Cn1cc(C(=O)CCC(=O)Nc2ccccc2Cc2cccnc2)cn1. The lowest BCUT2D eigenvalue weighted by atomic mass is 10.0. The van der Waals surface area contributed by atoms with E-state index in [2.05, 4.69) is 15.4 Å². The molecule has 3 aromatic rings. The van der Waals surface area contributed by atoms with Gasteiger partial charge in [0.15, 0.2) is 5.78 Å². The fourth-order valence-electron chi connectivity index (χ4n) is 2.67. The molecule has 6 heteroatoms. The summed E-state index contributed by atoms with van der Waals surface area (Å²) in [6.45, 7) is 0. The number of pyridine rings is 1. The van der Waals surface area contributed by atoms with Crippen LogP contribution in [0.4, 0.5) is 5.69 Å². The van der Waals surface area contributed by atoms with Crippen LogP contribution in [0.25, 0.3) is 0 Å². The van der Waals surface area contributed by atoms with Crippen molar-refractivity contribution < 1.29 is 9.59 Å². The van der Waals surface area contributed by atoms with Crippen LogP contribution in [-0.2, 0) is 18.3 Å². The first-order valence-corrected chi connectivity index (χ1v) is 8.40. The summed E-state index contributed by atoms with van der Waals surface area (Å²) in [4.78, 5) is 28.5. The minimum absolute atomic E-state index is 0.0862. The molecule has 0 aliphatic carbocycles. The Balaban J connectivity index is 1.60. The number of nitrogens with one attached hydrogen (secondary N) is 1.